The number of aromatic carboxylic acids is 1. The van der Waals surface area contributed by atoms with E-state index in [0.29, 0.717) is 0 Å². The van der Waals surface area contributed by atoms with Gasteiger partial charge in [0.1, 0.15) is 5.69 Å². The summed E-state index contributed by atoms with van der Waals surface area (Å²) in [6.07, 6.45) is 0. The second kappa shape index (κ2) is 4.09. The molecule has 2 aromatic rings. The van der Waals surface area contributed by atoms with Gasteiger partial charge in [-0.15, -0.1) is 0 Å². The number of pyridine rings is 1. The smallest absolute Gasteiger partial charge is 0.354 e. The summed E-state index contributed by atoms with van der Waals surface area (Å²) in [6.45, 7) is 8.23. The van der Waals surface area contributed by atoms with Crippen LogP contribution in [0.2, 0.25) is 0 Å². The van der Waals surface area contributed by atoms with Gasteiger partial charge < -0.3 is 5.11 Å². The normalized spacial score (nSPS) is 11.8. The fourth-order valence-electron chi connectivity index (χ4n) is 2.13. The molecule has 1 aromatic heterocycles. The van der Waals surface area contributed by atoms with Crippen LogP contribution >= 0.6 is 0 Å². The molecule has 0 aliphatic heterocycles. The molecule has 2 rings (SSSR count). The monoisotopic (exact) mass is 243 g/mol. The highest BCUT2D eigenvalue weighted by atomic mass is 16.4. The maximum absolute atomic E-state index is 11.1. The van der Waals surface area contributed by atoms with Crippen LogP contribution in [0.5, 0.6) is 0 Å². The zero-order valence-electron chi connectivity index (χ0n) is 11.1. The quantitative estimate of drug-likeness (QED) is 0.833. The number of hydrogen-bond donors (Lipinski definition) is 1. The zero-order chi connectivity index (χ0) is 13.5. The van der Waals surface area contributed by atoms with Gasteiger partial charge in [0.15, 0.2) is 0 Å². The molecule has 0 saturated carbocycles. The van der Waals surface area contributed by atoms with E-state index >= 15 is 0 Å². The molecule has 0 unspecified atom stereocenters. The van der Waals surface area contributed by atoms with Crippen molar-refractivity contribution in [2.75, 3.05) is 0 Å². The third-order valence-electron chi connectivity index (χ3n) is 3.07. The largest absolute Gasteiger partial charge is 0.477 e. The molecular formula is C15H17NO2. The topological polar surface area (TPSA) is 50.2 Å². The maximum Gasteiger partial charge on any atom is 0.354 e. The minimum atomic E-state index is -0.983. The molecule has 0 amide bonds. The zero-order valence-corrected chi connectivity index (χ0v) is 11.1. The first kappa shape index (κ1) is 12.6. The van der Waals surface area contributed by atoms with E-state index in [1.54, 1.807) is 6.07 Å². The van der Waals surface area contributed by atoms with Crippen LogP contribution < -0.4 is 0 Å². The molecule has 0 aliphatic carbocycles. The van der Waals surface area contributed by atoms with Gasteiger partial charge in [-0.2, -0.15) is 0 Å². The molecule has 1 aromatic carbocycles. The maximum atomic E-state index is 11.1. The number of carboxylic acid groups (broad SMARTS) is 1. The van der Waals surface area contributed by atoms with Crippen molar-refractivity contribution in [3.8, 4) is 0 Å². The molecule has 1 N–H and O–H groups in total. The second-order valence-corrected chi connectivity index (χ2v) is 5.58. The van der Waals surface area contributed by atoms with Crippen LogP contribution in [0.25, 0.3) is 10.9 Å². The summed E-state index contributed by atoms with van der Waals surface area (Å²) in [5.41, 5.74) is 2.87. The molecular weight excluding hydrogens is 226 g/mol. The number of fused-ring (bicyclic) bond motifs is 1. The van der Waals surface area contributed by atoms with E-state index in [9.17, 15) is 4.79 Å². The number of carbonyl (C=O) groups is 1. The third kappa shape index (κ3) is 2.08. The summed E-state index contributed by atoms with van der Waals surface area (Å²) in [6, 6.07) is 7.62. The Kier molecular flexibility index (Phi) is 2.85. The van der Waals surface area contributed by atoms with Crippen LogP contribution in [0.1, 0.15) is 42.4 Å². The van der Waals surface area contributed by atoms with Gasteiger partial charge in [-0.05, 0) is 29.5 Å². The third-order valence-corrected chi connectivity index (χ3v) is 3.07. The summed E-state index contributed by atoms with van der Waals surface area (Å²) in [4.78, 5) is 15.4. The van der Waals surface area contributed by atoms with Crippen molar-refractivity contribution >= 4 is 16.9 Å². The molecule has 18 heavy (non-hydrogen) atoms. The van der Waals surface area contributed by atoms with Crippen molar-refractivity contribution in [2.45, 2.75) is 33.1 Å². The van der Waals surface area contributed by atoms with E-state index in [4.69, 9.17) is 5.11 Å². The highest BCUT2D eigenvalue weighted by Crippen LogP contribution is 2.30. The first-order valence-corrected chi connectivity index (χ1v) is 5.95. The molecule has 0 fully saturated rings. The SMILES string of the molecule is Cc1cc(C(=O)O)nc2c(C(C)(C)C)cccc12. The number of aryl methyl sites for hydroxylation is 1. The highest BCUT2D eigenvalue weighted by molar-refractivity contribution is 5.92. The van der Waals surface area contributed by atoms with E-state index in [1.807, 2.05) is 25.1 Å². The Morgan fingerprint density at radius 1 is 1.28 bits per heavy atom. The molecule has 3 heteroatoms. The van der Waals surface area contributed by atoms with Crippen LogP contribution in [0.3, 0.4) is 0 Å². The number of hydrogen-bond acceptors (Lipinski definition) is 2. The van der Waals surface area contributed by atoms with Crippen LogP contribution in [-0.2, 0) is 5.41 Å². The van der Waals surface area contributed by atoms with Gasteiger partial charge in [-0.1, -0.05) is 39.0 Å². The number of carboxylic acids is 1. The van der Waals surface area contributed by atoms with Gasteiger partial charge in [0.25, 0.3) is 0 Å². The van der Waals surface area contributed by atoms with Gasteiger partial charge >= 0.3 is 5.97 Å². The number of nitrogens with zero attached hydrogens (tertiary/aromatic N) is 1. The predicted molar refractivity (Wildman–Crippen MR) is 72.1 cm³/mol. The fraction of sp³-hybridized carbons (Fsp3) is 0.333. The van der Waals surface area contributed by atoms with E-state index < -0.39 is 5.97 Å². The lowest BCUT2D eigenvalue weighted by molar-refractivity contribution is 0.0691. The molecule has 94 valence electrons. The van der Waals surface area contributed by atoms with Crippen molar-refractivity contribution in [3.63, 3.8) is 0 Å². The Morgan fingerprint density at radius 2 is 1.94 bits per heavy atom. The van der Waals surface area contributed by atoms with Crippen LogP contribution in [0, 0.1) is 6.92 Å². The summed E-state index contributed by atoms with van der Waals surface area (Å²) in [5, 5.41) is 10.1. The van der Waals surface area contributed by atoms with Crippen LogP contribution in [0.15, 0.2) is 24.3 Å². The Hall–Kier alpha value is -1.90. The standard InChI is InChI=1S/C15H17NO2/c1-9-8-12(14(17)18)16-13-10(9)6-5-7-11(13)15(2,3)4/h5-8H,1-4H3,(H,17,18). The summed E-state index contributed by atoms with van der Waals surface area (Å²) in [5.74, 6) is -0.983. The van der Waals surface area contributed by atoms with Gasteiger partial charge in [-0.25, -0.2) is 9.78 Å². The molecule has 3 nitrogen and oxygen atoms in total. The Bertz CT molecular complexity index is 624. The minimum Gasteiger partial charge on any atom is -0.477 e. The Morgan fingerprint density at radius 3 is 2.50 bits per heavy atom. The van der Waals surface area contributed by atoms with Crippen molar-refractivity contribution in [1.29, 1.82) is 0 Å². The van der Waals surface area contributed by atoms with E-state index in [0.717, 1.165) is 22.0 Å². The molecule has 0 spiro atoms. The van der Waals surface area contributed by atoms with Crippen molar-refractivity contribution in [1.82, 2.24) is 4.98 Å². The lowest BCUT2D eigenvalue weighted by atomic mass is 9.85. The number of para-hydroxylation sites is 1. The molecule has 0 saturated heterocycles. The second-order valence-electron chi connectivity index (χ2n) is 5.58. The molecule has 0 aliphatic rings. The van der Waals surface area contributed by atoms with Gasteiger partial charge in [0.2, 0.25) is 0 Å². The average Bonchev–Trinajstić information content (AvgIpc) is 2.26. The van der Waals surface area contributed by atoms with Crippen LogP contribution in [0.4, 0.5) is 0 Å². The molecule has 0 atom stereocenters. The summed E-state index contributed by atoms with van der Waals surface area (Å²) < 4.78 is 0. The van der Waals surface area contributed by atoms with Gasteiger partial charge in [-0.3, -0.25) is 0 Å². The van der Waals surface area contributed by atoms with Crippen molar-refractivity contribution in [3.05, 3.63) is 41.1 Å². The first-order chi connectivity index (χ1) is 8.30. The lowest BCUT2D eigenvalue weighted by Crippen LogP contribution is -2.13. The summed E-state index contributed by atoms with van der Waals surface area (Å²) >= 11 is 0. The Balaban J connectivity index is 2.86. The molecule has 0 bridgehead atoms. The van der Waals surface area contributed by atoms with Gasteiger partial charge in [0, 0.05) is 5.39 Å². The number of rotatable bonds is 1. The summed E-state index contributed by atoms with van der Waals surface area (Å²) in [7, 11) is 0. The van der Waals surface area contributed by atoms with Crippen molar-refractivity contribution < 1.29 is 9.90 Å². The fourth-order valence-corrected chi connectivity index (χ4v) is 2.13. The van der Waals surface area contributed by atoms with Crippen LogP contribution in [-0.4, -0.2) is 16.1 Å². The van der Waals surface area contributed by atoms with E-state index in [1.165, 1.54) is 0 Å². The minimum absolute atomic E-state index is 0.0594. The van der Waals surface area contributed by atoms with Gasteiger partial charge in [0.05, 0.1) is 5.52 Å². The Labute approximate surface area is 106 Å². The predicted octanol–water partition coefficient (Wildman–Crippen LogP) is 3.54. The number of aromatic nitrogens is 1. The highest BCUT2D eigenvalue weighted by Gasteiger charge is 2.19. The van der Waals surface area contributed by atoms with E-state index in [2.05, 4.69) is 25.8 Å². The lowest BCUT2D eigenvalue weighted by Gasteiger charge is -2.21. The first-order valence-electron chi connectivity index (χ1n) is 5.95. The van der Waals surface area contributed by atoms with E-state index in [-0.39, 0.29) is 11.1 Å². The molecule has 0 radical (unpaired) electrons. The molecule has 1 heterocycles. The average molecular weight is 243 g/mol. The van der Waals surface area contributed by atoms with Crippen molar-refractivity contribution in [2.24, 2.45) is 0 Å². The number of benzene rings is 1.